The van der Waals surface area contributed by atoms with Gasteiger partial charge in [-0.25, -0.2) is 10.5 Å². The second kappa shape index (κ2) is 13.5. The number of para-hydroxylation sites is 2. The van der Waals surface area contributed by atoms with Gasteiger partial charge in [0.1, 0.15) is 0 Å². The number of hydrogen-bond donors (Lipinski definition) is 4. The number of benzene rings is 3. The van der Waals surface area contributed by atoms with Crippen LogP contribution in [0.4, 0.5) is 5.69 Å². The third-order valence-corrected chi connectivity index (χ3v) is 7.17. The number of hydroxylamine groups is 1. The van der Waals surface area contributed by atoms with E-state index < -0.39 is 12.2 Å². The molecule has 0 bridgehead atoms. The van der Waals surface area contributed by atoms with Gasteiger partial charge in [-0.1, -0.05) is 48.5 Å². The molecular weight excluding hydrogens is 524 g/mol. The van der Waals surface area contributed by atoms with Gasteiger partial charge in [-0.15, -0.1) is 0 Å². The van der Waals surface area contributed by atoms with E-state index in [4.69, 9.17) is 14.7 Å². The van der Waals surface area contributed by atoms with Gasteiger partial charge in [0.25, 0.3) is 0 Å². The molecule has 1 saturated heterocycles. The van der Waals surface area contributed by atoms with E-state index >= 15 is 0 Å². The summed E-state index contributed by atoms with van der Waals surface area (Å²) in [5.41, 5.74) is 6.78. The van der Waals surface area contributed by atoms with Crippen molar-refractivity contribution in [2.45, 2.75) is 63.8 Å². The molecule has 4 aromatic rings. The van der Waals surface area contributed by atoms with Gasteiger partial charge in [0, 0.05) is 30.5 Å². The minimum atomic E-state index is -0.667. The average Bonchev–Trinajstić information content (AvgIpc) is 3.41. The lowest BCUT2D eigenvalue weighted by molar-refractivity contribution is -0.252. The number of carbonyl (C=O) groups is 2. The van der Waals surface area contributed by atoms with Crippen molar-refractivity contribution in [1.29, 1.82) is 0 Å². The molecular formula is C31H34N4O6. The zero-order valence-electron chi connectivity index (χ0n) is 22.6. The topological polar surface area (TPSA) is 135 Å². The van der Waals surface area contributed by atoms with Gasteiger partial charge in [0.2, 0.25) is 11.8 Å². The molecule has 0 aliphatic carbocycles. The Bertz CT molecular complexity index is 1470. The van der Waals surface area contributed by atoms with E-state index in [9.17, 15) is 14.7 Å². The summed E-state index contributed by atoms with van der Waals surface area (Å²) < 4.78 is 15.0. The fourth-order valence-corrected chi connectivity index (χ4v) is 5.02. The highest BCUT2D eigenvalue weighted by Gasteiger charge is 2.32. The molecule has 10 heteroatoms. The summed E-state index contributed by atoms with van der Waals surface area (Å²) in [7, 11) is 0. The Kier molecular flexibility index (Phi) is 9.37. The Balaban J connectivity index is 1.31. The molecule has 2 heterocycles. The number of hydrogen-bond acceptors (Lipinski definition) is 7. The molecule has 3 atom stereocenters. The third kappa shape index (κ3) is 7.36. The van der Waals surface area contributed by atoms with Gasteiger partial charge in [-0.3, -0.25) is 14.8 Å². The number of carbonyl (C=O) groups excluding carboxylic acids is 2. The standard InChI is InChI=1S/C31H34N4O6/c36-19-21-12-14-22(15-13-21)28-17-25(18-35-20-32-26-8-1-2-9-27(26)35)40-31(41-28)23-6-5-7-24(16-23)33-29(37)10-3-4-11-30(38)34-39/h1-2,5-9,12-16,20,25,28,31,36,39H,3-4,10-11,17-19H2,(H,33,37)(H,34,38). The summed E-state index contributed by atoms with van der Waals surface area (Å²) >= 11 is 0. The van der Waals surface area contributed by atoms with Crippen LogP contribution >= 0.6 is 0 Å². The van der Waals surface area contributed by atoms with Crippen molar-refractivity contribution in [2.75, 3.05) is 5.32 Å². The van der Waals surface area contributed by atoms with Crippen LogP contribution in [0.3, 0.4) is 0 Å². The molecule has 1 fully saturated rings. The smallest absolute Gasteiger partial charge is 0.243 e. The number of rotatable bonds is 11. The van der Waals surface area contributed by atoms with Crippen molar-refractivity contribution < 1.29 is 29.4 Å². The van der Waals surface area contributed by atoms with E-state index in [0.717, 1.165) is 27.7 Å². The minimum Gasteiger partial charge on any atom is -0.392 e. The van der Waals surface area contributed by atoms with Crippen LogP contribution in [0.5, 0.6) is 0 Å². The van der Waals surface area contributed by atoms with Crippen molar-refractivity contribution in [3.05, 3.63) is 95.8 Å². The van der Waals surface area contributed by atoms with Crippen LogP contribution in [0, 0.1) is 0 Å². The first-order valence-electron chi connectivity index (χ1n) is 13.8. The van der Waals surface area contributed by atoms with Gasteiger partial charge in [-0.05, 0) is 48.2 Å². The highest BCUT2D eigenvalue weighted by Crippen LogP contribution is 2.39. The van der Waals surface area contributed by atoms with Gasteiger partial charge in [-0.2, -0.15) is 0 Å². The Hall–Kier alpha value is -4.09. The SMILES string of the molecule is O=C(CCCCC(=O)Nc1cccc(C2OC(Cn3cnc4ccccc43)CC(c3ccc(CO)cc3)O2)c1)NO. The molecule has 0 spiro atoms. The predicted molar refractivity (Wildman–Crippen MR) is 152 cm³/mol. The molecule has 0 radical (unpaired) electrons. The first-order valence-corrected chi connectivity index (χ1v) is 13.8. The van der Waals surface area contributed by atoms with Crippen LogP contribution in [-0.2, 0) is 32.2 Å². The molecule has 0 saturated carbocycles. The summed E-state index contributed by atoms with van der Waals surface area (Å²) in [6, 6.07) is 23.1. The largest absolute Gasteiger partial charge is 0.392 e. The van der Waals surface area contributed by atoms with Gasteiger partial charge >= 0.3 is 0 Å². The van der Waals surface area contributed by atoms with Gasteiger partial charge in [0.05, 0.1) is 42.7 Å². The molecule has 41 heavy (non-hydrogen) atoms. The predicted octanol–water partition coefficient (Wildman–Crippen LogP) is 4.78. The second-order valence-electron chi connectivity index (χ2n) is 10.2. The highest BCUT2D eigenvalue weighted by atomic mass is 16.7. The first-order chi connectivity index (χ1) is 20.0. The van der Waals surface area contributed by atoms with Crippen molar-refractivity contribution in [2.24, 2.45) is 0 Å². The fourth-order valence-electron chi connectivity index (χ4n) is 5.02. The number of ether oxygens (including phenoxy) is 2. The van der Waals surface area contributed by atoms with Crippen LogP contribution in [-0.4, -0.2) is 37.8 Å². The molecule has 4 N–H and O–H groups in total. The monoisotopic (exact) mass is 558 g/mol. The molecule has 2 amide bonds. The average molecular weight is 559 g/mol. The van der Waals surface area contributed by atoms with Crippen LogP contribution in [0.15, 0.2) is 79.1 Å². The maximum Gasteiger partial charge on any atom is 0.243 e. The Labute approximate surface area is 237 Å². The van der Waals surface area contributed by atoms with Crippen LogP contribution < -0.4 is 10.8 Å². The lowest BCUT2D eigenvalue weighted by Gasteiger charge is -2.36. The summed E-state index contributed by atoms with van der Waals surface area (Å²) in [4.78, 5) is 28.2. The second-order valence-corrected chi connectivity index (χ2v) is 10.2. The number of aromatic nitrogens is 2. The van der Waals surface area contributed by atoms with Crippen molar-refractivity contribution in [3.63, 3.8) is 0 Å². The third-order valence-electron chi connectivity index (χ3n) is 7.17. The Morgan fingerprint density at radius 3 is 2.49 bits per heavy atom. The lowest BCUT2D eigenvalue weighted by Crippen LogP contribution is -2.32. The molecule has 1 aliphatic rings. The number of imidazole rings is 1. The van der Waals surface area contributed by atoms with E-state index in [0.29, 0.717) is 31.5 Å². The number of unbranched alkanes of at least 4 members (excludes halogenated alkanes) is 1. The summed E-state index contributed by atoms with van der Waals surface area (Å²) in [6.07, 6.45) is 2.82. The van der Waals surface area contributed by atoms with Crippen LogP contribution in [0.25, 0.3) is 11.0 Å². The summed E-state index contributed by atoms with van der Waals surface area (Å²) in [5.74, 6) is -0.628. The lowest BCUT2D eigenvalue weighted by atomic mass is 10.00. The Morgan fingerprint density at radius 1 is 0.927 bits per heavy atom. The molecule has 10 nitrogen and oxygen atoms in total. The zero-order chi connectivity index (χ0) is 28.6. The fraction of sp³-hybridized carbons (Fsp3) is 0.323. The van der Waals surface area contributed by atoms with Crippen LogP contribution in [0.1, 0.15) is 61.2 Å². The number of aliphatic hydroxyl groups is 1. The molecule has 214 valence electrons. The number of anilines is 1. The number of aliphatic hydroxyl groups excluding tert-OH is 1. The van der Waals surface area contributed by atoms with Gasteiger partial charge in [0.15, 0.2) is 6.29 Å². The number of nitrogens with one attached hydrogen (secondary N) is 2. The maximum atomic E-state index is 12.5. The Morgan fingerprint density at radius 2 is 1.71 bits per heavy atom. The quantitative estimate of drug-likeness (QED) is 0.118. The van der Waals surface area contributed by atoms with Crippen molar-refractivity contribution >= 4 is 28.5 Å². The molecule has 1 aromatic heterocycles. The molecule has 1 aliphatic heterocycles. The van der Waals surface area contributed by atoms with Crippen LogP contribution in [0.2, 0.25) is 0 Å². The zero-order valence-corrected chi connectivity index (χ0v) is 22.6. The van der Waals surface area contributed by atoms with Crippen molar-refractivity contribution in [3.8, 4) is 0 Å². The first kappa shape index (κ1) is 28.4. The van der Waals surface area contributed by atoms with E-state index in [1.165, 1.54) is 0 Å². The maximum absolute atomic E-state index is 12.5. The normalized spacial score (nSPS) is 18.7. The van der Waals surface area contributed by atoms with E-state index in [-0.39, 0.29) is 37.6 Å². The van der Waals surface area contributed by atoms with E-state index in [2.05, 4.69) is 14.9 Å². The number of amides is 2. The number of nitrogens with zero attached hydrogens (tertiary/aromatic N) is 2. The van der Waals surface area contributed by atoms with E-state index in [1.54, 1.807) is 5.48 Å². The van der Waals surface area contributed by atoms with Gasteiger partial charge < -0.3 is 24.5 Å². The summed E-state index contributed by atoms with van der Waals surface area (Å²) in [5, 5.41) is 21.0. The van der Waals surface area contributed by atoms with Crippen molar-refractivity contribution in [1.82, 2.24) is 15.0 Å². The summed E-state index contributed by atoms with van der Waals surface area (Å²) in [6.45, 7) is 0.570. The molecule has 3 aromatic carbocycles. The van der Waals surface area contributed by atoms with E-state index in [1.807, 2.05) is 79.1 Å². The molecule has 3 unspecified atom stereocenters. The minimum absolute atomic E-state index is 0.0234. The number of fused-ring (bicyclic) bond motifs is 1. The molecule has 5 rings (SSSR count). The highest BCUT2D eigenvalue weighted by molar-refractivity contribution is 5.90.